The third kappa shape index (κ3) is 5.84. The molecule has 0 aromatic heterocycles. The Bertz CT molecular complexity index is 886. The predicted molar refractivity (Wildman–Crippen MR) is 113 cm³/mol. The monoisotopic (exact) mass is 497 g/mol. The molecule has 2 aromatic rings. The SMILES string of the molecule is CCOc1cc(/C=N/NC(=O)CNC(=O)c2ccccc2OC)cc(I)c1O. The van der Waals surface area contributed by atoms with E-state index in [0.717, 1.165) is 0 Å². The van der Waals surface area contributed by atoms with Gasteiger partial charge in [-0.3, -0.25) is 9.59 Å². The summed E-state index contributed by atoms with van der Waals surface area (Å²) in [6, 6.07) is 10.0. The number of hydrazone groups is 1. The summed E-state index contributed by atoms with van der Waals surface area (Å²) in [4.78, 5) is 24.0. The molecule has 0 saturated carbocycles. The molecule has 0 saturated heterocycles. The number of para-hydroxylation sites is 1. The van der Waals surface area contributed by atoms with Crippen LogP contribution < -0.4 is 20.2 Å². The molecule has 2 amide bonds. The molecule has 0 aliphatic carbocycles. The molecule has 0 heterocycles. The van der Waals surface area contributed by atoms with Crippen LogP contribution >= 0.6 is 22.6 Å². The van der Waals surface area contributed by atoms with Crippen LogP contribution in [0.3, 0.4) is 0 Å². The van der Waals surface area contributed by atoms with Crippen molar-refractivity contribution in [1.82, 2.24) is 10.7 Å². The molecule has 2 aromatic carbocycles. The van der Waals surface area contributed by atoms with Gasteiger partial charge in [-0.2, -0.15) is 5.10 Å². The maximum atomic E-state index is 12.1. The molecular weight excluding hydrogens is 477 g/mol. The molecule has 0 aliphatic heterocycles. The van der Waals surface area contributed by atoms with Crippen LogP contribution in [0.2, 0.25) is 0 Å². The smallest absolute Gasteiger partial charge is 0.259 e. The number of nitrogens with one attached hydrogen (secondary N) is 2. The lowest BCUT2D eigenvalue weighted by Crippen LogP contribution is -2.35. The number of halogens is 1. The third-order valence-corrected chi connectivity index (χ3v) is 4.34. The number of aromatic hydroxyl groups is 1. The zero-order valence-corrected chi connectivity index (χ0v) is 17.5. The largest absolute Gasteiger partial charge is 0.504 e. The molecule has 0 fully saturated rings. The average Bonchev–Trinajstić information content (AvgIpc) is 2.70. The van der Waals surface area contributed by atoms with Gasteiger partial charge in [0.05, 0.1) is 35.6 Å². The second-order valence-electron chi connectivity index (χ2n) is 5.46. The van der Waals surface area contributed by atoms with Crippen molar-refractivity contribution < 1.29 is 24.2 Å². The summed E-state index contributed by atoms with van der Waals surface area (Å²) in [5, 5.41) is 16.3. The van der Waals surface area contributed by atoms with Crippen molar-refractivity contribution in [3.63, 3.8) is 0 Å². The molecule has 0 bridgehead atoms. The van der Waals surface area contributed by atoms with E-state index >= 15 is 0 Å². The molecule has 9 heteroatoms. The molecule has 0 unspecified atom stereocenters. The Morgan fingerprint density at radius 1 is 1.25 bits per heavy atom. The summed E-state index contributed by atoms with van der Waals surface area (Å²) in [5.41, 5.74) is 3.31. The van der Waals surface area contributed by atoms with E-state index in [-0.39, 0.29) is 12.3 Å². The molecule has 148 valence electrons. The van der Waals surface area contributed by atoms with Crippen molar-refractivity contribution >= 4 is 40.6 Å². The molecule has 0 atom stereocenters. The van der Waals surface area contributed by atoms with Gasteiger partial charge in [-0.25, -0.2) is 5.43 Å². The van der Waals surface area contributed by atoms with Crippen LogP contribution in [0.4, 0.5) is 0 Å². The van der Waals surface area contributed by atoms with Gasteiger partial charge in [0, 0.05) is 0 Å². The first-order valence-electron chi connectivity index (χ1n) is 8.34. The van der Waals surface area contributed by atoms with E-state index in [9.17, 15) is 14.7 Å². The van der Waals surface area contributed by atoms with Gasteiger partial charge in [-0.15, -0.1) is 0 Å². The van der Waals surface area contributed by atoms with Crippen LogP contribution in [0, 0.1) is 3.57 Å². The number of phenols is 1. The first-order chi connectivity index (χ1) is 13.5. The number of methoxy groups -OCH3 is 1. The Morgan fingerprint density at radius 3 is 2.71 bits per heavy atom. The van der Waals surface area contributed by atoms with Gasteiger partial charge in [0.25, 0.3) is 11.8 Å². The van der Waals surface area contributed by atoms with Gasteiger partial charge in [0.2, 0.25) is 0 Å². The number of carbonyl (C=O) groups excluding carboxylic acids is 2. The van der Waals surface area contributed by atoms with Crippen molar-refractivity contribution in [2.45, 2.75) is 6.92 Å². The minimum Gasteiger partial charge on any atom is -0.504 e. The number of hydrogen-bond donors (Lipinski definition) is 3. The predicted octanol–water partition coefficient (Wildman–Crippen LogP) is 2.28. The van der Waals surface area contributed by atoms with Gasteiger partial charge in [0.1, 0.15) is 5.75 Å². The lowest BCUT2D eigenvalue weighted by Gasteiger charge is -2.09. The quantitative estimate of drug-likeness (QED) is 0.295. The number of ether oxygens (including phenoxy) is 2. The van der Waals surface area contributed by atoms with E-state index in [1.807, 2.05) is 29.5 Å². The number of amides is 2. The van der Waals surface area contributed by atoms with E-state index < -0.39 is 11.8 Å². The van der Waals surface area contributed by atoms with Crippen LogP contribution in [0.5, 0.6) is 17.2 Å². The van der Waals surface area contributed by atoms with Crippen molar-refractivity contribution in [3.05, 3.63) is 51.1 Å². The number of hydrogen-bond acceptors (Lipinski definition) is 6. The van der Waals surface area contributed by atoms with E-state index in [2.05, 4.69) is 15.8 Å². The molecule has 3 N–H and O–H groups in total. The Morgan fingerprint density at radius 2 is 2.00 bits per heavy atom. The maximum Gasteiger partial charge on any atom is 0.259 e. The number of carbonyl (C=O) groups is 2. The van der Waals surface area contributed by atoms with Crippen molar-refractivity contribution in [3.8, 4) is 17.2 Å². The number of benzene rings is 2. The fourth-order valence-electron chi connectivity index (χ4n) is 2.24. The normalized spacial score (nSPS) is 10.5. The van der Waals surface area contributed by atoms with Gasteiger partial charge in [0.15, 0.2) is 11.5 Å². The highest BCUT2D eigenvalue weighted by molar-refractivity contribution is 14.1. The lowest BCUT2D eigenvalue weighted by atomic mass is 10.2. The molecule has 28 heavy (non-hydrogen) atoms. The molecule has 2 rings (SSSR count). The highest BCUT2D eigenvalue weighted by atomic mass is 127. The lowest BCUT2D eigenvalue weighted by molar-refractivity contribution is -0.120. The summed E-state index contributed by atoms with van der Waals surface area (Å²) in [5.74, 6) is -0.0940. The van der Waals surface area contributed by atoms with Gasteiger partial charge in [-0.05, 0) is 59.3 Å². The highest BCUT2D eigenvalue weighted by Gasteiger charge is 2.12. The summed E-state index contributed by atoms with van der Waals surface area (Å²) in [7, 11) is 1.47. The second kappa shape index (κ2) is 10.5. The van der Waals surface area contributed by atoms with Crippen LogP contribution in [-0.2, 0) is 4.79 Å². The van der Waals surface area contributed by atoms with Crippen LogP contribution in [0.25, 0.3) is 0 Å². The van der Waals surface area contributed by atoms with Crippen LogP contribution in [-0.4, -0.2) is 43.4 Å². The summed E-state index contributed by atoms with van der Waals surface area (Å²) in [6.45, 7) is 1.98. The Balaban J connectivity index is 1.91. The molecule has 0 radical (unpaired) electrons. The topological polar surface area (TPSA) is 109 Å². The standard InChI is InChI=1S/C19H20IN3O5/c1-3-28-16-9-12(8-14(20)18(16)25)10-22-23-17(24)11-21-19(26)13-6-4-5-7-15(13)27-2/h4-10,25H,3,11H2,1-2H3,(H,21,26)(H,23,24)/b22-10+. The van der Waals surface area contributed by atoms with Gasteiger partial charge < -0.3 is 19.9 Å². The fraction of sp³-hybridized carbons (Fsp3) is 0.211. The fourth-order valence-corrected chi connectivity index (χ4v) is 2.87. The first-order valence-corrected chi connectivity index (χ1v) is 9.42. The Labute approximate surface area is 176 Å². The van der Waals surface area contributed by atoms with Gasteiger partial charge in [-0.1, -0.05) is 12.1 Å². The first kappa shape index (κ1) is 21.5. The van der Waals surface area contributed by atoms with Crippen molar-refractivity contribution in [2.24, 2.45) is 5.10 Å². The summed E-state index contributed by atoms with van der Waals surface area (Å²) in [6.07, 6.45) is 1.42. The van der Waals surface area contributed by atoms with E-state index in [1.165, 1.54) is 13.3 Å². The third-order valence-electron chi connectivity index (χ3n) is 3.51. The minimum atomic E-state index is -0.488. The van der Waals surface area contributed by atoms with Gasteiger partial charge >= 0.3 is 0 Å². The highest BCUT2D eigenvalue weighted by Crippen LogP contribution is 2.32. The van der Waals surface area contributed by atoms with Crippen LogP contribution in [0.1, 0.15) is 22.8 Å². The van der Waals surface area contributed by atoms with E-state index in [0.29, 0.717) is 32.8 Å². The second-order valence-corrected chi connectivity index (χ2v) is 6.62. The zero-order valence-electron chi connectivity index (χ0n) is 15.4. The maximum absolute atomic E-state index is 12.1. The van der Waals surface area contributed by atoms with E-state index in [4.69, 9.17) is 9.47 Å². The Hall–Kier alpha value is -2.82. The minimum absolute atomic E-state index is 0.0580. The van der Waals surface area contributed by atoms with Crippen molar-refractivity contribution in [2.75, 3.05) is 20.3 Å². The molecule has 0 spiro atoms. The van der Waals surface area contributed by atoms with Crippen LogP contribution in [0.15, 0.2) is 41.5 Å². The summed E-state index contributed by atoms with van der Waals surface area (Å²) >= 11 is 1.98. The van der Waals surface area contributed by atoms with E-state index in [1.54, 1.807) is 36.4 Å². The average molecular weight is 497 g/mol. The Kier molecular flexibility index (Phi) is 8.05. The molecule has 0 aliphatic rings. The summed E-state index contributed by atoms with van der Waals surface area (Å²) < 4.78 is 11.1. The van der Waals surface area contributed by atoms with Crippen molar-refractivity contribution in [1.29, 1.82) is 0 Å². The number of nitrogens with zero attached hydrogens (tertiary/aromatic N) is 1. The zero-order chi connectivity index (χ0) is 20.5. The number of rotatable bonds is 8. The number of phenolic OH excluding ortho intramolecular Hbond substituents is 1. The molecular formula is C19H20IN3O5. The molecule has 8 nitrogen and oxygen atoms in total.